The number of ether oxygens (including phenoxy) is 1. The molecule has 0 bridgehead atoms. The van der Waals surface area contributed by atoms with Gasteiger partial charge in [0.2, 0.25) is 0 Å². The van der Waals surface area contributed by atoms with Gasteiger partial charge in [0.05, 0.1) is 0 Å². The molecule has 0 radical (unpaired) electrons. The van der Waals surface area contributed by atoms with Crippen LogP contribution in [0.1, 0.15) is 44.6 Å². The van der Waals surface area contributed by atoms with E-state index in [9.17, 15) is 0 Å². The van der Waals surface area contributed by atoms with Gasteiger partial charge < -0.3 is 10.5 Å². The fourth-order valence-corrected chi connectivity index (χ4v) is 3.24. The molecule has 0 saturated heterocycles. The van der Waals surface area contributed by atoms with Crippen molar-refractivity contribution >= 4 is 0 Å². The lowest BCUT2D eigenvalue weighted by atomic mass is 9.94. The molecule has 1 saturated carbocycles. The van der Waals surface area contributed by atoms with Gasteiger partial charge in [-0.05, 0) is 50.0 Å². The third-order valence-electron chi connectivity index (χ3n) is 4.50. The maximum atomic E-state index is 5.89. The Balaban J connectivity index is 1.73. The topological polar surface area (TPSA) is 38.5 Å². The number of hydrogen-bond donors (Lipinski definition) is 1. The van der Waals surface area contributed by atoms with E-state index in [-0.39, 0.29) is 0 Å². The average molecular weight is 290 g/mol. The zero-order chi connectivity index (χ0) is 14.9. The van der Waals surface area contributed by atoms with E-state index < -0.39 is 0 Å². The first kappa shape index (κ1) is 16.3. The highest BCUT2D eigenvalue weighted by Gasteiger charge is 2.19. The predicted molar refractivity (Wildman–Crippen MR) is 88.8 cm³/mol. The van der Waals surface area contributed by atoms with Crippen molar-refractivity contribution in [1.82, 2.24) is 4.90 Å². The number of hydrogen-bond acceptors (Lipinski definition) is 3. The standard InChI is InChI=1S/C18H30N2O/c1-2-20(17-6-4-3-5-7-17)14-15-21-18-10-8-16(9-11-18)12-13-19/h8-11,17H,2-7,12-15,19H2,1H3. The zero-order valence-electron chi connectivity index (χ0n) is 13.4. The van der Waals surface area contributed by atoms with Crippen LogP contribution in [0.2, 0.25) is 0 Å². The largest absolute Gasteiger partial charge is 0.492 e. The zero-order valence-corrected chi connectivity index (χ0v) is 13.4. The first-order chi connectivity index (χ1) is 10.3. The first-order valence-corrected chi connectivity index (χ1v) is 8.49. The Labute approximate surface area is 129 Å². The second kappa shape index (κ2) is 9.06. The van der Waals surface area contributed by atoms with Crippen molar-refractivity contribution < 1.29 is 4.74 Å². The van der Waals surface area contributed by atoms with Crippen molar-refractivity contribution in [2.75, 3.05) is 26.2 Å². The Bertz CT molecular complexity index is 385. The third-order valence-corrected chi connectivity index (χ3v) is 4.50. The lowest BCUT2D eigenvalue weighted by Crippen LogP contribution is -2.39. The summed E-state index contributed by atoms with van der Waals surface area (Å²) in [5, 5.41) is 0. The minimum atomic E-state index is 0.701. The van der Waals surface area contributed by atoms with Gasteiger partial charge in [0, 0.05) is 12.6 Å². The van der Waals surface area contributed by atoms with Crippen molar-refractivity contribution in [3.05, 3.63) is 29.8 Å². The van der Waals surface area contributed by atoms with Crippen LogP contribution in [0, 0.1) is 0 Å². The Morgan fingerprint density at radius 2 is 1.86 bits per heavy atom. The summed E-state index contributed by atoms with van der Waals surface area (Å²) in [5.41, 5.74) is 6.84. The SMILES string of the molecule is CCN(CCOc1ccc(CCN)cc1)C1CCCCC1. The molecule has 1 aliphatic carbocycles. The van der Waals surface area contributed by atoms with E-state index in [0.717, 1.165) is 37.9 Å². The minimum Gasteiger partial charge on any atom is -0.492 e. The highest BCUT2D eigenvalue weighted by atomic mass is 16.5. The molecule has 1 aromatic carbocycles. The predicted octanol–water partition coefficient (Wildman–Crippen LogP) is 3.22. The van der Waals surface area contributed by atoms with Crippen molar-refractivity contribution in [3.8, 4) is 5.75 Å². The second-order valence-electron chi connectivity index (χ2n) is 5.95. The van der Waals surface area contributed by atoms with Gasteiger partial charge in [0.25, 0.3) is 0 Å². The fraction of sp³-hybridized carbons (Fsp3) is 0.667. The molecule has 0 amide bonds. The van der Waals surface area contributed by atoms with E-state index >= 15 is 0 Å². The molecule has 21 heavy (non-hydrogen) atoms. The molecule has 0 atom stereocenters. The normalized spacial score (nSPS) is 16.3. The molecule has 1 aromatic rings. The fourth-order valence-electron chi connectivity index (χ4n) is 3.24. The quantitative estimate of drug-likeness (QED) is 0.799. The van der Waals surface area contributed by atoms with Gasteiger partial charge >= 0.3 is 0 Å². The van der Waals surface area contributed by atoms with E-state index in [2.05, 4.69) is 36.1 Å². The Morgan fingerprint density at radius 1 is 1.14 bits per heavy atom. The highest BCUT2D eigenvalue weighted by molar-refractivity contribution is 5.27. The number of nitrogens with two attached hydrogens (primary N) is 1. The molecule has 118 valence electrons. The molecule has 3 nitrogen and oxygen atoms in total. The van der Waals surface area contributed by atoms with Crippen LogP contribution in [0.4, 0.5) is 0 Å². The second-order valence-corrected chi connectivity index (χ2v) is 5.95. The van der Waals surface area contributed by atoms with Crippen LogP contribution >= 0.6 is 0 Å². The van der Waals surface area contributed by atoms with Crippen molar-refractivity contribution in [2.45, 2.75) is 51.5 Å². The molecule has 1 fully saturated rings. The highest BCUT2D eigenvalue weighted by Crippen LogP contribution is 2.22. The number of benzene rings is 1. The van der Waals surface area contributed by atoms with E-state index in [0.29, 0.717) is 6.54 Å². The molecule has 2 rings (SSSR count). The van der Waals surface area contributed by atoms with Crippen LogP contribution in [0.3, 0.4) is 0 Å². The maximum absolute atomic E-state index is 5.89. The van der Waals surface area contributed by atoms with Crippen molar-refractivity contribution in [1.29, 1.82) is 0 Å². The summed E-state index contributed by atoms with van der Waals surface area (Å²) < 4.78 is 5.89. The van der Waals surface area contributed by atoms with Crippen LogP contribution in [0.15, 0.2) is 24.3 Å². The average Bonchev–Trinajstić information content (AvgIpc) is 2.54. The van der Waals surface area contributed by atoms with Gasteiger partial charge in [-0.25, -0.2) is 0 Å². The molecule has 2 N–H and O–H groups in total. The molecule has 1 aliphatic rings. The van der Waals surface area contributed by atoms with Crippen LogP contribution in [0.5, 0.6) is 5.75 Å². The Hall–Kier alpha value is -1.06. The molecule has 3 heteroatoms. The van der Waals surface area contributed by atoms with Crippen molar-refractivity contribution in [3.63, 3.8) is 0 Å². The van der Waals surface area contributed by atoms with Crippen LogP contribution < -0.4 is 10.5 Å². The van der Waals surface area contributed by atoms with Gasteiger partial charge in [-0.15, -0.1) is 0 Å². The lowest BCUT2D eigenvalue weighted by Gasteiger charge is -2.33. The summed E-state index contributed by atoms with van der Waals surface area (Å²) >= 11 is 0. The number of likely N-dealkylation sites (N-methyl/N-ethyl adjacent to an activating group) is 1. The molecule has 0 heterocycles. The van der Waals surface area contributed by atoms with Crippen LogP contribution in [0.25, 0.3) is 0 Å². The van der Waals surface area contributed by atoms with E-state index in [1.165, 1.54) is 37.7 Å². The first-order valence-electron chi connectivity index (χ1n) is 8.49. The van der Waals surface area contributed by atoms with Crippen LogP contribution in [-0.4, -0.2) is 37.2 Å². The molecular formula is C18H30N2O. The molecular weight excluding hydrogens is 260 g/mol. The summed E-state index contributed by atoms with van der Waals surface area (Å²) in [5.74, 6) is 0.968. The van der Waals surface area contributed by atoms with Crippen LogP contribution in [-0.2, 0) is 6.42 Å². The number of nitrogens with zero attached hydrogens (tertiary/aromatic N) is 1. The molecule has 0 spiro atoms. The summed E-state index contributed by atoms with van der Waals surface area (Å²) in [7, 11) is 0. The molecule has 0 aliphatic heterocycles. The van der Waals surface area contributed by atoms with Gasteiger partial charge in [-0.1, -0.05) is 38.3 Å². The van der Waals surface area contributed by atoms with E-state index in [4.69, 9.17) is 10.5 Å². The van der Waals surface area contributed by atoms with Gasteiger partial charge in [0.15, 0.2) is 0 Å². The van der Waals surface area contributed by atoms with Gasteiger partial charge in [-0.3, -0.25) is 4.90 Å². The number of rotatable bonds is 8. The maximum Gasteiger partial charge on any atom is 0.119 e. The van der Waals surface area contributed by atoms with Gasteiger partial charge in [-0.2, -0.15) is 0 Å². The van der Waals surface area contributed by atoms with Gasteiger partial charge in [0.1, 0.15) is 12.4 Å². The summed E-state index contributed by atoms with van der Waals surface area (Å²) in [6.45, 7) is 5.90. The Morgan fingerprint density at radius 3 is 2.48 bits per heavy atom. The summed E-state index contributed by atoms with van der Waals surface area (Å²) in [4.78, 5) is 2.59. The summed E-state index contributed by atoms with van der Waals surface area (Å²) in [6.07, 6.45) is 7.86. The molecule has 0 unspecified atom stereocenters. The summed E-state index contributed by atoms with van der Waals surface area (Å²) in [6, 6.07) is 9.12. The molecule has 0 aromatic heterocycles. The monoisotopic (exact) mass is 290 g/mol. The third kappa shape index (κ3) is 5.33. The Kier molecular flexibility index (Phi) is 7.04. The lowest BCUT2D eigenvalue weighted by molar-refractivity contribution is 0.137. The van der Waals surface area contributed by atoms with E-state index in [1.54, 1.807) is 0 Å². The van der Waals surface area contributed by atoms with E-state index in [1.807, 2.05) is 0 Å². The minimum absolute atomic E-state index is 0.701. The smallest absolute Gasteiger partial charge is 0.119 e. The van der Waals surface area contributed by atoms with Crippen molar-refractivity contribution in [2.24, 2.45) is 5.73 Å².